The van der Waals surface area contributed by atoms with Crippen molar-refractivity contribution in [1.29, 1.82) is 0 Å². The number of hydrogen-bond acceptors (Lipinski definition) is 6. The number of nitro benzene ring substituents is 1. The SMILES string of the molecule is Cc1ccc(-n2c(SC(C)C(=O)Nc3ccccc3[N+](=O)[O-])nc3ccccc3c2=O)cc1F. The zero-order valence-corrected chi connectivity index (χ0v) is 19.0. The number of nitrogens with one attached hydrogen (secondary N) is 1. The molecule has 0 saturated heterocycles. The van der Waals surface area contributed by atoms with Gasteiger partial charge in [0.15, 0.2) is 5.16 Å². The number of nitro groups is 1. The van der Waals surface area contributed by atoms with E-state index in [-0.39, 0.29) is 22.2 Å². The van der Waals surface area contributed by atoms with Crippen molar-refractivity contribution in [2.75, 3.05) is 5.32 Å². The number of benzene rings is 3. The van der Waals surface area contributed by atoms with Crippen molar-refractivity contribution < 1.29 is 14.1 Å². The van der Waals surface area contributed by atoms with E-state index in [0.29, 0.717) is 16.5 Å². The minimum Gasteiger partial charge on any atom is -0.319 e. The smallest absolute Gasteiger partial charge is 0.292 e. The highest BCUT2D eigenvalue weighted by molar-refractivity contribution is 8.00. The molecule has 0 saturated carbocycles. The van der Waals surface area contributed by atoms with E-state index in [2.05, 4.69) is 10.3 Å². The van der Waals surface area contributed by atoms with E-state index in [0.717, 1.165) is 11.8 Å². The molecule has 1 atom stereocenters. The van der Waals surface area contributed by atoms with Gasteiger partial charge in [0, 0.05) is 6.07 Å². The Labute approximate surface area is 197 Å². The molecular weight excluding hydrogens is 459 g/mol. The molecule has 0 aliphatic carbocycles. The van der Waals surface area contributed by atoms with Crippen molar-refractivity contribution in [2.45, 2.75) is 24.3 Å². The fourth-order valence-corrected chi connectivity index (χ4v) is 4.25. The maximum atomic E-state index is 14.3. The third kappa shape index (κ3) is 4.53. The van der Waals surface area contributed by atoms with E-state index in [4.69, 9.17) is 0 Å². The van der Waals surface area contributed by atoms with Gasteiger partial charge in [-0.25, -0.2) is 9.37 Å². The first-order chi connectivity index (χ1) is 16.3. The Kier molecular flexibility index (Phi) is 6.42. The van der Waals surface area contributed by atoms with Crippen LogP contribution in [0.15, 0.2) is 76.7 Å². The monoisotopic (exact) mass is 478 g/mol. The van der Waals surface area contributed by atoms with E-state index < -0.39 is 27.5 Å². The highest BCUT2D eigenvalue weighted by Gasteiger charge is 2.23. The van der Waals surface area contributed by atoms with Crippen molar-refractivity contribution in [2.24, 2.45) is 0 Å². The summed E-state index contributed by atoms with van der Waals surface area (Å²) in [4.78, 5) is 41.4. The van der Waals surface area contributed by atoms with Crippen LogP contribution in [0, 0.1) is 22.9 Å². The van der Waals surface area contributed by atoms with Crippen LogP contribution in [0.3, 0.4) is 0 Å². The number of hydrogen-bond donors (Lipinski definition) is 1. The van der Waals surface area contributed by atoms with Crippen LogP contribution in [0.4, 0.5) is 15.8 Å². The lowest BCUT2D eigenvalue weighted by molar-refractivity contribution is -0.383. The molecule has 4 rings (SSSR count). The molecule has 1 amide bonds. The summed E-state index contributed by atoms with van der Waals surface area (Å²) in [6, 6.07) is 17.0. The number of rotatable bonds is 6. The zero-order chi connectivity index (χ0) is 24.4. The Morgan fingerprint density at radius 3 is 2.59 bits per heavy atom. The first-order valence-corrected chi connectivity index (χ1v) is 11.1. The van der Waals surface area contributed by atoms with Gasteiger partial charge in [0.2, 0.25) is 5.91 Å². The molecule has 3 aromatic carbocycles. The predicted octanol–water partition coefficient (Wildman–Crippen LogP) is 4.86. The summed E-state index contributed by atoms with van der Waals surface area (Å²) in [6.45, 7) is 3.21. The van der Waals surface area contributed by atoms with Crippen molar-refractivity contribution in [3.63, 3.8) is 0 Å². The Bertz CT molecular complexity index is 1490. The number of nitrogens with zero attached hydrogens (tertiary/aromatic N) is 3. The molecule has 1 heterocycles. The number of aromatic nitrogens is 2. The number of anilines is 1. The van der Waals surface area contributed by atoms with Gasteiger partial charge < -0.3 is 5.32 Å². The van der Waals surface area contributed by atoms with E-state index in [1.165, 1.54) is 28.8 Å². The Morgan fingerprint density at radius 2 is 1.85 bits per heavy atom. The third-order valence-corrected chi connectivity index (χ3v) is 6.22. The average Bonchev–Trinajstić information content (AvgIpc) is 2.81. The zero-order valence-electron chi connectivity index (χ0n) is 18.2. The topological polar surface area (TPSA) is 107 Å². The van der Waals surface area contributed by atoms with Crippen LogP contribution in [0.2, 0.25) is 0 Å². The molecule has 0 aliphatic heterocycles. The maximum absolute atomic E-state index is 14.3. The summed E-state index contributed by atoms with van der Waals surface area (Å²) in [6.07, 6.45) is 0. The normalized spacial score (nSPS) is 11.9. The highest BCUT2D eigenvalue weighted by Crippen LogP contribution is 2.28. The van der Waals surface area contributed by atoms with Crippen molar-refractivity contribution in [1.82, 2.24) is 9.55 Å². The highest BCUT2D eigenvalue weighted by atomic mass is 32.2. The second-order valence-electron chi connectivity index (χ2n) is 7.51. The number of para-hydroxylation sites is 3. The molecule has 0 aliphatic rings. The van der Waals surface area contributed by atoms with Gasteiger partial charge in [0.05, 0.1) is 26.8 Å². The van der Waals surface area contributed by atoms with E-state index in [1.54, 1.807) is 56.3 Å². The van der Waals surface area contributed by atoms with Gasteiger partial charge in [-0.3, -0.25) is 24.3 Å². The average molecular weight is 479 g/mol. The standard InChI is InChI=1S/C24H19FN4O4S/c1-14-11-12-16(13-18(14)25)28-23(31)17-7-3-4-8-19(17)27-24(28)34-15(2)22(30)26-20-9-5-6-10-21(20)29(32)33/h3-13,15H,1-2H3,(H,26,30). The van der Waals surface area contributed by atoms with Gasteiger partial charge in [-0.15, -0.1) is 0 Å². The predicted molar refractivity (Wildman–Crippen MR) is 129 cm³/mol. The molecule has 1 unspecified atom stereocenters. The van der Waals surface area contributed by atoms with Gasteiger partial charge in [-0.1, -0.05) is 42.1 Å². The number of halogens is 1. The van der Waals surface area contributed by atoms with Crippen LogP contribution in [0.5, 0.6) is 0 Å². The largest absolute Gasteiger partial charge is 0.319 e. The fraction of sp³-hybridized carbons (Fsp3) is 0.125. The minimum absolute atomic E-state index is 0.0643. The molecule has 4 aromatic rings. The summed E-state index contributed by atoms with van der Waals surface area (Å²) < 4.78 is 15.6. The molecule has 1 aromatic heterocycles. The summed E-state index contributed by atoms with van der Waals surface area (Å²) in [5, 5.41) is 13.6. The van der Waals surface area contributed by atoms with Crippen LogP contribution in [0.1, 0.15) is 12.5 Å². The lowest BCUT2D eigenvalue weighted by Gasteiger charge is -2.17. The van der Waals surface area contributed by atoms with E-state index in [1.807, 2.05) is 0 Å². The van der Waals surface area contributed by atoms with Crippen molar-refractivity contribution in [3.05, 3.63) is 98.6 Å². The number of thioether (sulfide) groups is 1. The molecule has 0 fully saturated rings. The third-order valence-electron chi connectivity index (χ3n) is 5.17. The molecule has 0 radical (unpaired) electrons. The van der Waals surface area contributed by atoms with Crippen LogP contribution >= 0.6 is 11.8 Å². The number of amides is 1. The maximum Gasteiger partial charge on any atom is 0.292 e. The van der Waals surface area contributed by atoms with E-state index >= 15 is 0 Å². The molecule has 0 spiro atoms. The summed E-state index contributed by atoms with van der Waals surface area (Å²) in [5.41, 5.74) is 0.572. The van der Waals surface area contributed by atoms with Gasteiger partial charge >= 0.3 is 0 Å². The Hall–Kier alpha value is -4.05. The van der Waals surface area contributed by atoms with Crippen molar-refractivity contribution in [3.8, 4) is 5.69 Å². The second-order valence-corrected chi connectivity index (χ2v) is 8.82. The van der Waals surface area contributed by atoms with Gasteiger partial charge in [-0.05, 0) is 49.7 Å². The molecule has 1 N–H and O–H groups in total. The quantitative estimate of drug-likeness (QED) is 0.184. The minimum atomic E-state index is -0.783. The molecule has 8 nitrogen and oxygen atoms in total. The molecule has 0 bridgehead atoms. The molecular formula is C24H19FN4O4S. The van der Waals surface area contributed by atoms with Crippen LogP contribution < -0.4 is 10.9 Å². The Morgan fingerprint density at radius 1 is 1.15 bits per heavy atom. The van der Waals surface area contributed by atoms with Crippen LogP contribution in [0.25, 0.3) is 16.6 Å². The van der Waals surface area contributed by atoms with Crippen LogP contribution in [-0.4, -0.2) is 25.6 Å². The number of carbonyl (C=O) groups is 1. The van der Waals surface area contributed by atoms with Crippen LogP contribution in [-0.2, 0) is 4.79 Å². The first kappa shape index (κ1) is 23.1. The van der Waals surface area contributed by atoms with Gasteiger partial charge in [0.25, 0.3) is 11.2 Å². The number of fused-ring (bicyclic) bond motifs is 1. The summed E-state index contributed by atoms with van der Waals surface area (Å²) in [7, 11) is 0. The number of carbonyl (C=O) groups excluding carboxylic acids is 1. The first-order valence-electron chi connectivity index (χ1n) is 10.3. The van der Waals surface area contributed by atoms with Gasteiger partial charge in [-0.2, -0.15) is 0 Å². The fourth-order valence-electron chi connectivity index (χ4n) is 3.32. The summed E-state index contributed by atoms with van der Waals surface area (Å²) >= 11 is 0.993. The Balaban J connectivity index is 1.74. The molecule has 10 heteroatoms. The summed E-state index contributed by atoms with van der Waals surface area (Å²) in [5.74, 6) is -0.987. The number of aryl methyl sites for hydroxylation is 1. The molecule has 34 heavy (non-hydrogen) atoms. The second kappa shape index (κ2) is 9.44. The molecule has 172 valence electrons. The van der Waals surface area contributed by atoms with Gasteiger partial charge in [0.1, 0.15) is 11.5 Å². The van der Waals surface area contributed by atoms with Crippen molar-refractivity contribution >= 4 is 39.9 Å². The van der Waals surface area contributed by atoms with E-state index in [9.17, 15) is 24.1 Å². The lowest BCUT2D eigenvalue weighted by Crippen LogP contribution is -2.26. The lowest BCUT2D eigenvalue weighted by atomic mass is 10.2.